The number of rotatable bonds is 3. The summed E-state index contributed by atoms with van der Waals surface area (Å²) in [6.07, 6.45) is 3.41. The fraction of sp³-hybridized carbons (Fsp3) is 0.444. The van der Waals surface area contributed by atoms with Gasteiger partial charge in [-0.25, -0.2) is 0 Å². The molecule has 3 nitrogen and oxygen atoms in total. The predicted molar refractivity (Wildman–Crippen MR) is 81.9 cm³/mol. The fourth-order valence-corrected chi connectivity index (χ4v) is 3.53. The molecule has 3 heteroatoms. The Hall–Kier alpha value is -1.90. The van der Waals surface area contributed by atoms with Crippen molar-refractivity contribution < 1.29 is 14.3 Å². The Bertz CT molecular complexity index is 547. The van der Waals surface area contributed by atoms with Gasteiger partial charge in [-0.2, -0.15) is 0 Å². The molecule has 21 heavy (non-hydrogen) atoms. The zero-order valence-electron chi connectivity index (χ0n) is 12.7. The molecule has 1 saturated carbocycles. The van der Waals surface area contributed by atoms with E-state index in [0.717, 1.165) is 24.8 Å². The van der Waals surface area contributed by atoms with Crippen molar-refractivity contribution in [1.82, 2.24) is 0 Å². The van der Waals surface area contributed by atoms with Crippen LogP contribution in [0.5, 0.6) is 0 Å². The van der Waals surface area contributed by atoms with Crippen LogP contribution in [0.25, 0.3) is 0 Å². The summed E-state index contributed by atoms with van der Waals surface area (Å²) >= 11 is 0. The summed E-state index contributed by atoms with van der Waals surface area (Å²) in [5.74, 6) is -0.843. The summed E-state index contributed by atoms with van der Waals surface area (Å²) in [7, 11) is 1.34. The Morgan fingerprint density at radius 2 is 1.90 bits per heavy atom. The van der Waals surface area contributed by atoms with E-state index < -0.39 is 11.4 Å². The maximum Gasteiger partial charge on any atom is 0.324 e. The maximum atomic E-state index is 12.6. The van der Waals surface area contributed by atoms with Crippen LogP contribution in [-0.4, -0.2) is 18.9 Å². The van der Waals surface area contributed by atoms with Crippen LogP contribution >= 0.6 is 0 Å². The van der Waals surface area contributed by atoms with Gasteiger partial charge < -0.3 is 4.74 Å². The lowest BCUT2D eigenvalue weighted by molar-refractivity contribution is -0.156. The fourth-order valence-electron chi connectivity index (χ4n) is 3.53. The molecular weight excluding hydrogens is 264 g/mol. The number of methoxy groups -OCH3 is 1. The highest BCUT2D eigenvalue weighted by Gasteiger charge is 2.53. The molecule has 0 N–H and O–H groups in total. The smallest absolute Gasteiger partial charge is 0.324 e. The van der Waals surface area contributed by atoms with Crippen LogP contribution in [0.3, 0.4) is 0 Å². The molecular formula is C18H22O3. The van der Waals surface area contributed by atoms with E-state index in [1.807, 2.05) is 30.3 Å². The van der Waals surface area contributed by atoms with Gasteiger partial charge in [-0.3, -0.25) is 9.59 Å². The van der Waals surface area contributed by atoms with E-state index >= 15 is 0 Å². The topological polar surface area (TPSA) is 43.4 Å². The first-order chi connectivity index (χ1) is 10.0. The second kappa shape index (κ2) is 6.25. The Labute approximate surface area is 126 Å². The number of carbonyl (C=O) groups is 2. The summed E-state index contributed by atoms with van der Waals surface area (Å²) in [5.41, 5.74) is 0.446. The van der Waals surface area contributed by atoms with Crippen LogP contribution in [0, 0.1) is 5.41 Å². The van der Waals surface area contributed by atoms with Crippen LogP contribution in [-0.2, 0) is 14.3 Å². The van der Waals surface area contributed by atoms with E-state index in [4.69, 9.17) is 4.74 Å². The molecule has 0 radical (unpaired) electrons. The second-order valence-electron chi connectivity index (χ2n) is 5.67. The van der Waals surface area contributed by atoms with Crippen LogP contribution in [0.1, 0.15) is 44.1 Å². The van der Waals surface area contributed by atoms with Gasteiger partial charge in [0.25, 0.3) is 0 Å². The van der Waals surface area contributed by atoms with Crippen LogP contribution in [0.2, 0.25) is 0 Å². The number of ketones is 1. The molecule has 0 aromatic heterocycles. The van der Waals surface area contributed by atoms with Gasteiger partial charge >= 0.3 is 5.97 Å². The zero-order chi connectivity index (χ0) is 15.5. The largest absolute Gasteiger partial charge is 0.468 e. The molecule has 0 unspecified atom stereocenters. The highest BCUT2D eigenvalue weighted by molar-refractivity contribution is 6.07. The molecule has 0 spiro atoms. The van der Waals surface area contributed by atoms with Crippen molar-refractivity contribution in [3.63, 3.8) is 0 Å². The Kier molecular flexibility index (Phi) is 4.61. The van der Waals surface area contributed by atoms with Crippen molar-refractivity contribution in [2.75, 3.05) is 7.11 Å². The van der Waals surface area contributed by atoms with Gasteiger partial charge in [-0.05, 0) is 31.7 Å². The lowest BCUT2D eigenvalue weighted by Crippen LogP contribution is -2.45. The SMILES string of the molecule is C=C1CCCC[C@@H](c2ccccc2)[C@@]1(C(C)=O)C(=O)OC. The number of esters is 1. The van der Waals surface area contributed by atoms with E-state index in [0.29, 0.717) is 12.0 Å². The Morgan fingerprint density at radius 3 is 2.48 bits per heavy atom. The van der Waals surface area contributed by atoms with Crippen molar-refractivity contribution in [3.8, 4) is 0 Å². The highest BCUT2D eigenvalue weighted by Crippen LogP contribution is 2.50. The van der Waals surface area contributed by atoms with Crippen molar-refractivity contribution in [2.45, 2.75) is 38.5 Å². The molecule has 0 amide bonds. The minimum absolute atomic E-state index is 0.171. The molecule has 0 saturated heterocycles. The number of ether oxygens (including phenoxy) is 1. The Balaban J connectivity index is 2.64. The van der Waals surface area contributed by atoms with E-state index in [9.17, 15) is 9.59 Å². The minimum atomic E-state index is -1.24. The Morgan fingerprint density at radius 1 is 1.24 bits per heavy atom. The van der Waals surface area contributed by atoms with E-state index in [2.05, 4.69) is 6.58 Å². The zero-order valence-corrected chi connectivity index (χ0v) is 12.7. The molecule has 2 rings (SSSR count). The summed E-state index contributed by atoms with van der Waals surface area (Å²) in [4.78, 5) is 25.1. The molecule has 1 fully saturated rings. The summed E-state index contributed by atoms with van der Waals surface area (Å²) < 4.78 is 5.01. The molecule has 112 valence electrons. The highest BCUT2D eigenvalue weighted by atomic mass is 16.5. The first-order valence-corrected chi connectivity index (χ1v) is 7.37. The predicted octanol–water partition coefficient (Wildman–Crippen LogP) is 3.65. The summed E-state index contributed by atoms with van der Waals surface area (Å²) in [6, 6.07) is 9.76. The van der Waals surface area contributed by atoms with Gasteiger partial charge in [-0.1, -0.05) is 48.9 Å². The van der Waals surface area contributed by atoms with E-state index in [-0.39, 0.29) is 11.7 Å². The van der Waals surface area contributed by atoms with Crippen molar-refractivity contribution in [1.29, 1.82) is 0 Å². The lowest BCUT2D eigenvalue weighted by atomic mass is 9.64. The van der Waals surface area contributed by atoms with Crippen LogP contribution < -0.4 is 0 Å². The third-order valence-corrected chi connectivity index (χ3v) is 4.57. The molecule has 0 heterocycles. The van der Waals surface area contributed by atoms with Crippen LogP contribution in [0.4, 0.5) is 0 Å². The van der Waals surface area contributed by atoms with Gasteiger partial charge in [0, 0.05) is 5.92 Å². The van der Waals surface area contributed by atoms with Crippen molar-refractivity contribution >= 4 is 11.8 Å². The molecule has 1 aromatic carbocycles. The average molecular weight is 286 g/mol. The average Bonchev–Trinajstić information content (AvgIpc) is 2.67. The second-order valence-corrected chi connectivity index (χ2v) is 5.67. The maximum absolute atomic E-state index is 12.6. The summed E-state index contributed by atoms with van der Waals surface area (Å²) in [5, 5.41) is 0. The number of hydrogen-bond acceptors (Lipinski definition) is 3. The molecule has 2 atom stereocenters. The first kappa shape index (κ1) is 15.5. The van der Waals surface area contributed by atoms with Gasteiger partial charge in [-0.15, -0.1) is 0 Å². The third-order valence-electron chi connectivity index (χ3n) is 4.57. The molecule has 0 aliphatic heterocycles. The number of hydrogen-bond donors (Lipinski definition) is 0. The van der Waals surface area contributed by atoms with Gasteiger partial charge in [0.15, 0.2) is 11.2 Å². The monoisotopic (exact) mass is 286 g/mol. The quantitative estimate of drug-likeness (QED) is 0.369. The number of carbonyl (C=O) groups excluding carboxylic acids is 2. The van der Waals surface area contributed by atoms with Crippen molar-refractivity contribution in [2.24, 2.45) is 5.41 Å². The first-order valence-electron chi connectivity index (χ1n) is 7.37. The molecule has 0 bridgehead atoms. The van der Waals surface area contributed by atoms with Gasteiger partial charge in [0.05, 0.1) is 7.11 Å². The van der Waals surface area contributed by atoms with E-state index in [1.165, 1.54) is 14.0 Å². The number of Topliss-reactive ketones (excluding diaryl/α,β-unsaturated/α-hetero) is 1. The molecule has 1 aliphatic carbocycles. The standard InChI is InChI=1S/C18H22O3/c1-13-9-7-8-12-16(15-10-5-4-6-11-15)18(13,14(2)19)17(20)21-3/h4-6,10-11,16H,1,7-9,12H2,2-3H3/t16-,18+/m0/s1. The third kappa shape index (κ3) is 2.53. The summed E-state index contributed by atoms with van der Waals surface area (Å²) in [6.45, 7) is 5.55. The van der Waals surface area contributed by atoms with Gasteiger partial charge in [0.2, 0.25) is 0 Å². The normalized spacial score (nSPS) is 26.0. The minimum Gasteiger partial charge on any atom is -0.468 e. The lowest BCUT2D eigenvalue weighted by Gasteiger charge is -2.36. The van der Waals surface area contributed by atoms with Crippen molar-refractivity contribution in [3.05, 3.63) is 48.0 Å². The number of benzene rings is 1. The molecule has 1 aromatic rings. The van der Waals surface area contributed by atoms with Gasteiger partial charge in [0.1, 0.15) is 0 Å². The molecule has 1 aliphatic rings. The van der Waals surface area contributed by atoms with E-state index in [1.54, 1.807) is 0 Å². The van der Waals surface area contributed by atoms with Crippen LogP contribution in [0.15, 0.2) is 42.5 Å².